The van der Waals surface area contributed by atoms with Crippen LogP contribution in [0.2, 0.25) is 19.6 Å². The lowest BCUT2D eigenvalue weighted by Gasteiger charge is -2.30. The van der Waals surface area contributed by atoms with E-state index >= 15 is 0 Å². The van der Waals surface area contributed by atoms with Gasteiger partial charge in [-0.15, -0.1) is 0 Å². The van der Waals surface area contributed by atoms with Crippen LogP contribution in [0.15, 0.2) is 41.6 Å². The molecule has 1 aromatic rings. The molecule has 2 atom stereocenters. The van der Waals surface area contributed by atoms with Crippen LogP contribution in [0, 0.1) is 5.92 Å². The predicted molar refractivity (Wildman–Crippen MR) is 77.3 cm³/mol. The van der Waals surface area contributed by atoms with E-state index in [0.717, 1.165) is 12.1 Å². The molecule has 1 saturated heterocycles. The molecule has 3 rings (SSSR count). The third kappa shape index (κ3) is 1.65. The van der Waals surface area contributed by atoms with E-state index in [4.69, 9.17) is 0 Å². The summed E-state index contributed by atoms with van der Waals surface area (Å²) in [5.74, 6) is 0.480. The van der Waals surface area contributed by atoms with Gasteiger partial charge in [0, 0.05) is 5.69 Å². The molecular weight excluding hydrogens is 238 g/mol. The van der Waals surface area contributed by atoms with Crippen molar-refractivity contribution in [1.29, 1.82) is 0 Å². The topological polar surface area (TPSA) is 20.3 Å². The molecule has 0 saturated carbocycles. The van der Waals surface area contributed by atoms with Gasteiger partial charge < -0.3 is 4.90 Å². The SMILES string of the molecule is C[Si](C)(C)C1=CC2CC1C(=O)N2c1ccccc1. The van der Waals surface area contributed by atoms with Crippen LogP contribution in [0.3, 0.4) is 0 Å². The molecule has 2 nitrogen and oxygen atoms in total. The van der Waals surface area contributed by atoms with Gasteiger partial charge in [0.2, 0.25) is 5.91 Å². The van der Waals surface area contributed by atoms with Gasteiger partial charge in [-0.1, -0.05) is 49.1 Å². The Morgan fingerprint density at radius 3 is 2.39 bits per heavy atom. The first-order valence-corrected chi connectivity index (χ1v) is 10.1. The summed E-state index contributed by atoms with van der Waals surface area (Å²) < 4.78 is 0. The largest absolute Gasteiger partial charge is 0.305 e. The Morgan fingerprint density at radius 2 is 1.83 bits per heavy atom. The Morgan fingerprint density at radius 1 is 1.17 bits per heavy atom. The molecule has 0 N–H and O–H groups in total. The second-order valence-corrected chi connectivity index (χ2v) is 11.3. The first-order chi connectivity index (χ1) is 8.48. The standard InChI is InChI=1S/C15H19NOSi/c1-18(2,3)14-10-12-9-13(14)15(17)16(12)11-7-5-4-6-8-11/h4-8,10,12-13H,9H2,1-3H3. The smallest absolute Gasteiger partial charge is 0.234 e. The number of carbonyl (C=O) groups is 1. The fraction of sp³-hybridized carbons (Fsp3) is 0.400. The van der Waals surface area contributed by atoms with Crippen LogP contribution in [-0.2, 0) is 4.79 Å². The first-order valence-electron chi connectivity index (χ1n) is 6.59. The van der Waals surface area contributed by atoms with Crippen molar-refractivity contribution >= 4 is 19.7 Å². The quantitative estimate of drug-likeness (QED) is 0.745. The lowest BCUT2D eigenvalue weighted by atomic mass is 10.1. The van der Waals surface area contributed by atoms with Gasteiger partial charge in [-0.3, -0.25) is 4.79 Å². The average molecular weight is 257 g/mol. The number of amides is 1. The van der Waals surface area contributed by atoms with Crippen LogP contribution in [0.1, 0.15) is 6.42 Å². The Bertz CT molecular complexity index is 515. The molecule has 2 unspecified atom stereocenters. The fourth-order valence-electron chi connectivity index (χ4n) is 3.19. The highest BCUT2D eigenvalue weighted by Gasteiger charge is 2.48. The van der Waals surface area contributed by atoms with E-state index in [1.54, 1.807) is 0 Å². The molecule has 3 heteroatoms. The Balaban J connectivity index is 1.96. The first kappa shape index (κ1) is 11.7. The number of fused-ring (bicyclic) bond motifs is 2. The molecule has 1 aliphatic heterocycles. The maximum atomic E-state index is 12.5. The van der Waals surface area contributed by atoms with Crippen LogP contribution in [0.25, 0.3) is 0 Å². The zero-order chi connectivity index (χ0) is 12.9. The average Bonchev–Trinajstić information content (AvgIpc) is 2.87. The van der Waals surface area contributed by atoms with E-state index in [1.165, 1.54) is 5.20 Å². The zero-order valence-electron chi connectivity index (χ0n) is 11.2. The second kappa shape index (κ2) is 3.82. The maximum absolute atomic E-state index is 12.5. The molecule has 1 heterocycles. The number of benzene rings is 1. The van der Waals surface area contributed by atoms with Crippen molar-refractivity contribution in [2.24, 2.45) is 5.92 Å². The van der Waals surface area contributed by atoms with Gasteiger partial charge in [0.1, 0.15) is 0 Å². The lowest BCUT2D eigenvalue weighted by molar-refractivity contribution is -0.119. The van der Waals surface area contributed by atoms with Gasteiger partial charge in [0.15, 0.2) is 0 Å². The monoisotopic (exact) mass is 257 g/mol. The van der Waals surface area contributed by atoms with Crippen LogP contribution in [0.5, 0.6) is 0 Å². The molecule has 1 fully saturated rings. The molecule has 1 aliphatic carbocycles. The minimum absolute atomic E-state index is 0.168. The summed E-state index contributed by atoms with van der Waals surface area (Å²) in [5, 5.41) is 1.46. The van der Waals surface area contributed by atoms with Crippen molar-refractivity contribution in [1.82, 2.24) is 0 Å². The van der Waals surface area contributed by atoms with E-state index in [-0.39, 0.29) is 5.92 Å². The molecule has 0 radical (unpaired) electrons. The summed E-state index contributed by atoms with van der Waals surface area (Å²) >= 11 is 0. The summed E-state index contributed by atoms with van der Waals surface area (Å²) in [6.07, 6.45) is 3.36. The molecule has 94 valence electrons. The van der Waals surface area contributed by atoms with Gasteiger partial charge in [-0.25, -0.2) is 0 Å². The predicted octanol–water partition coefficient (Wildman–Crippen LogP) is 3.23. The normalized spacial score (nSPS) is 26.7. The molecule has 1 aromatic carbocycles. The van der Waals surface area contributed by atoms with Crippen LogP contribution in [0.4, 0.5) is 5.69 Å². The molecular formula is C15H19NOSi. The van der Waals surface area contributed by atoms with E-state index < -0.39 is 8.07 Å². The van der Waals surface area contributed by atoms with Crippen LogP contribution < -0.4 is 4.90 Å². The highest BCUT2D eigenvalue weighted by atomic mass is 28.3. The highest BCUT2D eigenvalue weighted by molar-refractivity contribution is 6.83. The number of nitrogens with zero attached hydrogens (tertiary/aromatic N) is 1. The number of carbonyl (C=O) groups excluding carboxylic acids is 1. The molecule has 0 spiro atoms. The van der Waals surface area contributed by atoms with Crippen molar-refractivity contribution in [2.75, 3.05) is 4.90 Å². The summed E-state index contributed by atoms with van der Waals surface area (Å²) in [6, 6.07) is 10.3. The molecule has 18 heavy (non-hydrogen) atoms. The minimum atomic E-state index is -1.34. The summed E-state index contributed by atoms with van der Waals surface area (Å²) in [5.41, 5.74) is 1.04. The minimum Gasteiger partial charge on any atom is -0.305 e. The fourth-order valence-corrected chi connectivity index (χ4v) is 5.16. The van der Waals surface area contributed by atoms with Gasteiger partial charge in [0.05, 0.1) is 20.0 Å². The Hall–Kier alpha value is -1.35. The maximum Gasteiger partial charge on any atom is 0.234 e. The van der Waals surface area contributed by atoms with Crippen molar-refractivity contribution in [3.8, 4) is 0 Å². The Kier molecular flexibility index (Phi) is 2.49. The zero-order valence-corrected chi connectivity index (χ0v) is 12.2. The number of para-hydroxylation sites is 1. The second-order valence-electron chi connectivity index (χ2n) is 6.27. The summed E-state index contributed by atoms with van der Waals surface area (Å²) in [7, 11) is -1.34. The van der Waals surface area contributed by atoms with E-state index in [9.17, 15) is 4.79 Å². The van der Waals surface area contributed by atoms with Crippen LogP contribution in [-0.4, -0.2) is 20.0 Å². The van der Waals surface area contributed by atoms with E-state index in [2.05, 4.69) is 25.7 Å². The highest BCUT2D eigenvalue weighted by Crippen LogP contribution is 2.43. The van der Waals surface area contributed by atoms with E-state index in [0.29, 0.717) is 11.9 Å². The third-order valence-electron chi connectivity index (χ3n) is 3.99. The molecule has 2 aliphatic rings. The van der Waals surface area contributed by atoms with Gasteiger partial charge in [0.25, 0.3) is 0 Å². The number of rotatable bonds is 2. The van der Waals surface area contributed by atoms with Gasteiger partial charge in [-0.2, -0.15) is 0 Å². The van der Waals surface area contributed by atoms with E-state index in [1.807, 2.05) is 35.2 Å². The lowest BCUT2D eigenvalue weighted by Crippen LogP contribution is -2.40. The van der Waals surface area contributed by atoms with Crippen molar-refractivity contribution in [3.63, 3.8) is 0 Å². The van der Waals surface area contributed by atoms with Crippen molar-refractivity contribution < 1.29 is 4.79 Å². The Labute approximate surface area is 109 Å². The van der Waals surface area contributed by atoms with Crippen LogP contribution >= 0.6 is 0 Å². The summed E-state index contributed by atoms with van der Waals surface area (Å²) in [4.78, 5) is 14.5. The number of hydrogen-bond donors (Lipinski definition) is 0. The van der Waals surface area contributed by atoms with Crippen molar-refractivity contribution in [3.05, 3.63) is 41.6 Å². The van der Waals surface area contributed by atoms with Gasteiger partial charge in [-0.05, 0) is 18.6 Å². The number of anilines is 1. The molecule has 2 bridgehead atoms. The number of hydrogen-bond acceptors (Lipinski definition) is 1. The molecule has 0 aromatic heterocycles. The van der Waals surface area contributed by atoms with Crippen molar-refractivity contribution in [2.45, 2.75) is 32.1 Å². The molecule has 1 amide bonds. The van der Waals surface area contributed by atoms with Gasteiger partial charge >= 0.3 is 0 Å². The summed E-state index contributed by atoms with van der Waals surface area (Å²) in [6.45, 7) is 7.00. The third-order valence-corrected chi connectivity index (χ3v) is 6.24.